The fourth-order valence-corrected chi connectivity index (χ4v) is 2.41. The molecule has 0 aliphatic heterocycles. The predicted molar refractivity (Wildman–Crippen MR) is 102 cm³/mol. The first-order chi connectivity index (χ1) is 12.3. The van der Waals surface area contributed by atoms with Gasteiger partial charge in [-0.15, -0.1) is 0 Å². The van der Waals surface area contributed by atoms with Crippen molar-refractivity contribution in [3.05, 3.63) is 90.0 Å². The van der Waals surface area contributed by atoms with Crippen LogP contribution >= 0.6 is 0 Å². The molecule has 1 N–H and O–H groups in total. The molecule has 0 spiro atoms. The van der Waals surface area contributed by atoms with E-state index in [2.05, 4.69) is 36.5 Å². The van der Waals surface area contributed by atoms with Gasteiger partial charge in [0.25, 0.3) is 0 Å². The molecule has 3 aromatic carbocycles. The van der Waals surface area contributed by atoms with Crippen LogP contribution in [0.25, 0.3) is 0 Å². The number of aryl methyl sites for hydroxylation is 1. The fraction of sp³-hybridized carbons (Fsp3) is 0.182. The molecule has 0 saturated carbocycles. The second-order valence-electron chi connectivity index (χ2n) is 5.87. The zero-order valence-electron chi connectivity index (χ0n) is 14.4. The lowest BCUT2D eigenvalue weighted by Gasteiger charge is -2.10. The van der Waals surface area contributed by atoms with Crippen LogP contribution in [0.3, 0.4) is 0 Å². The molecular formula is C22H23NO2. The van der Waals surface area contributed by atoms with Crippen LogP contribution in [0.2, 0.25) is 0 Å². The van der Waals surface area contributed by atoms with Crippen molar-refractivity contribution >= 4 is 5.69 Å². The van der Waals surface area contributed by atoms with Crippen molar-refractivity contribution in [2.24, 2.45) is 0 Å². The molecule has 0 aliphatic carbocycles. The molecule has 0 aromatic heterocycles. The summed E-state index contributed by atoms with van der Waals surface area (Å²) in [6.45, 7) is 3.95. The van der Waals surface area contributed by atoms with Crippen LogP contribution in [-0.2, 0) is 6.54 Å². The summed E-state index contributed by atoms with van der Waals surface area (Å²) in [7, 11) is 0. The van der Waals surface area contributed by atoms with E-state index in [1.165, 1.54) is 11.1 Å². The van der Waals surface area contributed by atoms with E-state index >= 15 is 0 Å². The maximum absolute atomic E-state index is 5.71. The van der Waals surface area contributed by atoms with Gasteiger partial charge in [-0.05, 0) is 48.9 Å². The highest BCUT2D eigenvalue weighted by Gasteiger charge is 1.98. The Morgan fingerprint density at radius 3 is 1.92 bits per heavy atom. The molecular weight excluding hydrogens is 310 g/mol. The molecule has 0 saturated heterocycles. The van der Waals surface area contributed by atoms with Crippen LogP contribution in [0.1, 0.15) is 11.1 Å². The number of para-hydroxylation sites is 1. The number of nitrogens with one attached hydrogen (secondary N) is 1. The summed E-state index contributed by atoms with van der Waals surface area (Å²) in [5, 5.41) is 3.42. The smallest absolute Gasteiger partial charge is 0.122 e. The van der Waals surface area contributed by atoms with Crippen LogP contribution < -0.4 is 14.8 Å². The first-order valence-corrected chi connectivity index (χ1v) is 8.50. The van der Waals surface area contributed by atoms with E-state index in [4.69, 9.17) is 9.47 Å². The molecule has 0 amide bonds. The lowest BCUT2D eigenvalue weighted by molar-refractivity contribution is 0.217. The molecule has 3 aromatic rings. The minimum Gasteiger partial charge on any atom is -0.490 e. The number of hydrogen-bond acceptors (Lipinski definition) is 3. The maximum Gasteiger partial charge on any atom is 0.122 e. The average Bonchev–Trinajstić information content (AvgIpc) is 2.67. The number of rotatable bonds is 8. The SMILES string of the molecule is Cc1ccc(CNc2ccc(OCCOc3ccccc3)cc2)cc1. The fourth-order valence-electron chi connectivity index (χ4n) is 2.41. The Kier molecular flexibility index (Phi) is 5.94. The highest BCUT2D eigenvalue weighted by atomic mass is 16.5. The van der Waals surface area contributed by atoms with Crippen molar-refractivity contribution in [2.75, 3.05) is 18.5 Å². The predicted octanol–water partition coefficient (Wildman–Crippen LogP) is 5.06. The van der Waals surface area contributed by atoms with Crippen LogP contribution in [0, 0.1) is 6.92 Å². The normalized spacial score (nSPS) is 10.3. The maximum atomic E-state index is 5.71. The van der Waals surface area contributed by atoms with E-state index in [1.807, 2.05) is 54.6 Å². The summed E-state index contributed by atoms with van der Waals surface area (Å²) >= 11 is 0. The molecule has 3 nitrogen and oxygen atoms in total. The van der Waals surface area contributed by atoms with Crippen LogP contribution in [-0.4, -0.2) is 13.2 Å². The van der Waals surface area contributed by atoms with E-state index in [-0.39, 0.29) is 0 Å². The third-order valence-corrected chi connectivity index (χ3v) is 3.84. The van der Waals surface area contributed by atoms with Crippen LogP contribution in [0.15, 0.2) is 78.9 Å². The minimum atomic E-state index is 0.519. The molecule has 0 heterocycles. The van der Waals surface area contributed by atoms with Gasteiger partial charge in [0.1, 0.15) is 24.7 Å². The Morgan fingerprint density at radius 2 is 1.28 bits per heavy atom. The van der Waals surface area contributed by atoms with Gasteiger partial charge < -0.3 is 14.8 Å². The van der Waals surface area contributed by atoms with Gasteiger partial charge in [-0.1, -0.05) is 48.0 Å². The molecule has 0 aliphatic rings. The van der Waals surface area contributed by atoms with E-state index < -0.39 is 0 Å². The summed E-state index contributed by atoms with van der Waals surface area (Å²) in [5.74, 6) is 1.71. The largest absolute Gasteiger partial charge is 0.490 e. The first kappa shape index (κ1) is 16.9. The van der Waals surface area contributed by atoms with E-state index in [9.17, 15) is 0 Å². The molecule has 0 unspecified atom stereocenters. The zero-order chi connectivity index (χ0) is 17.3. The third kappa shape index (κ3) is 5.57. The minimum absolute atomic E-state index is 0.519. The van der Waals surface area contributed by atoms with E-state index in [0.29, 0.717) is 13.2 Å². The molecule has 3 rings (SSSR count). The van der Waals surface area contributed by atoms with Gasteiger partial charge in [0, 0.05) is 12.2 Å². The summed E-state index contributed by atoms with van der Waals surface area (Å²) in [5.41, 5.74) is 3.62. The quantitative estimate of drug-likeness (QED) is 0.584. The van der Waals surface area contributed by atoms with Crippen molar-refractivity contribution < 1.29 is 9.47 Å². The van der Waals surface area contributed by atoms with Crippen LogP contribution in [0.4, 0.5) is 5.69 Å². The van der Waals surface area contributed by atoms with Gasteiger partial charge in [-0.25, -0.2) is 0 Å². The molecule has 0 atom stereocenters. The topological polar surface area (TPSA) is 30.5 Å². The van der Waals surface area contributed by atoms with Crippen molar-refractivity contribution in [1.82, 2.24) is 0 Å². The van der Waals surface area contributed by atoms with Crippen molar-refractivity contribution in [2.45, 2.75) is 13.5 Å². The van der Waals surface area contributed by atoms with Gasteiger partial charge in [0.2, 0.25) is 0 Å². The number of benzene rings is 3. The molecule has 0 bridgehead atoms. The van der Waals surface area contributed by atoms with Crippen molar-refractivity contribution in [3.63, 3.8) is 0 Å². The molecule has 128 valence electrons. The van der Waals surface area contributed by atoms with Gasteiger partial charge >= 0.3 is 0 Å². The highest BCUT2D eigenvalue weighted by molar-refractivity contribution is 5.46. The zero-order valence-corrected chi connectivity index (χ0v) is 14.4. The van der Waals surface area contributed by atoms with Gasteiger partial charge in [0.05, 0.1) is 0 Å². The molecule has 25 heavy (non-hydrogen) atoms. The Morgan fingerprint density at radius 1 is 0.680 bits per heavy atom. The van der Waals surface area contributed by atoms with E-state index in [0.717, 1.165) is 23.7 Å². The Labute approximate surface area is 149 Å². The van der Waals surface area contributed by atoms with Crippen molar-refractivity contribution in [1.29, 1.82) is 0 Å². The lowest BCUT2D eigenvalue weighted by Crippen LogP contribution is -2.08. The number of anilines is 1. The molecule has 0 radical (unpaired) electrons. The van der Waals surface area contributed by atoms with Gasteiger partial charge in [0.15, 0.2) is 0 Å². The Bertz CT molecular complexity index is 752. The lowest BCUT2D eigenvalue weighted by atomic mass is 10.1. The summed E-state index contributed by atoms with van der Waals surface area (Å²) in [4.78, 5) is 0. The van der Waals surface area contributed by atoms with Gasteiger partial charge in [-0.3, -0.25) is 0 Å². The Balaban J connectivity index is 1.40. The third-order valence-electron chi connectivity index (χ3n) is 3.84. The summed E-state index contributed by atoms with van der Waals surface area (Å²) < 4.78 is 11.3. The van der Waals surface area contributed by atoms with Gasteiger partial charge in [-0.2, -0.15) is 0 Å². The highest BCUT2D eigenvalue weighted by Crippen LogP contribution is 2.17. The number of hydrogen-bond donors (Lipinski definition) is 1. The van der Waals surface area contributed by atoms with Crippen LogP contribution in [0.5, 0.6) is 11.5 Å². The first-order valence-electron chi connectivity index (χ1n) is 8.50. The second kappa shape index (κ2) is 8.78. The summed E-state index contributed by atoms with van der Waals surface area (Å²) in [6.07, 6.45) is 0. The number of ether oxygens (including phenoxy) is 2. The second-order valence-corrected chi connectivity index (χ2v) is 5.87. The Hall–Kier alpha value is -2.94. The van der Waals surface area contributed by atoms with E-state index in [1.54, 1.807) is 0 Å². The average molecular weight is 333 g/mol. The standard InChI is InChI=1S/C22H23NO2/c1-18-7-9-19(10-8-18)17-23-20-11-13-22(14-12-20)25-16-15-24-21-5-3-2-4-6-21/h2-14,23H,15-17H2,1H3. The summed E-state index contributed by atoms with van der Waals surface area (Å²) in [6, 6.07) is 26.3. The molecule has 3 heteroatoms. The monoisotopic (exact) mass is 333 g/mol. The molecule has 0 fully saturated rings. The van der Waals surface area contributed by atoms with Crippen molar-refractivity contribution in [3.8, 4) is 11.5 Å².